The first-order valence-electron chi connectivity index (χ1n) is 8.87. The molecule has 1 saturated carbocycles. The summed E-state index contributed by atoms with van der Waals surface area (Å²) >= 11 is 0. The third-order valence-electron chi connectivity index (χ3n) is 5.08. The van der Waals surface area contributed by atoms with Gasteiger partial charge in [-0.1, -0.05) is 33.6 Å². The molecule has 0 bridgehead atoms. The molecule has 20 heavy (non-hydrogen) atoms. The van der Waals surface area contributed by atoms with Gasteiger partial charge in [-0.2, -0.15) is 0 Å². The average molecular weight is 284 g/mol. The van der Waals surface area contributed by atoms with Crippen LogP contribution in [0.5, 0.6) is 0 Å². The van der Waals surface area contributed by atoms with Crippen molar-refractivity contribution in [2.24, 2.45) is 5.92 Å². The van der Waals surface area contributed by atoms with E-state index in [1.807, 2.05) is 0 Å². The van der Waals surface area contributed by atoms with Gasteiger partial charge >= 0.3 is 0 Å². The lowest BCUT2D eigenvalue weighted by molar-refractivity contribution is 0.205. The number of likely N-dealkylation sites (N-methyl/N-ethyl adjacent to an activating group) is 2. The van der Waals surface area contributed by atoms with Gasteiger partial charge in [0.05, 0.1) is 0 Å². The minimum atomic E-state index is 0.700. The van der Waals surface area contributed by atoms with Crippen molar-refractivity contribution >= 4 is 0 Å². The third kappa shape index (κ3) is 6.11. The van der Waals surface area contributed by atoms with Gasteiger partial charge in [0.1, 0.15) is 0 Å². The van der Waals surface area contributed by atoms with Crippen LogP contribution in [-0.2, 0) is 0 Å². The second-order valence-electron chi connectivity index (χ2n) is 6.21. The molecule has 0 amide bonds. The lowest BCUT2D eigenvalue weighted by atomic mass is 9.97. The normalized spacial score (nSPS) is 18.3. The highest BCUT2D eigenvalue weighted by Gasteiger charge is 2.24. The molecule has 1 aliphatic rings. The Hall–Kier alpha value is -0.120. The van der Waals surface area contributed by atoms with Gasteiger partial charge in [-0.05, 0) is 65.0 Å². The standard InChI is InChI=1S/C17H37N3/c1-5-19(6-2)13-10-14-20(7-3)15-17(18-4)16-11-8-9-12-16/h16-18H,5-15H2,1-4H3. The highest BCUT2D eigenvalue weighted by Crippen LogP contribution is 2.28. The maximum absolute atomic E-state index is 3.58. The monoisotopic (exact) mass is 283 g/mol. The van der Waals surface area contributed by atoms with E-state index in [1.54, 1.807) is 0 Å². The fraction of sp³-hybridized carbons (Fsp3) is 1.00. The van der Waals surface area contributed by atoms with Crippen LogP contribution in [0.25, 0.3) is 0 Å². The Morgan fingerprint density at radius 3 is 2.00 bits per heavy atom. The fourth-order valence-electron chi connectivity index (χ4n) is 3.55. The number of rotatable bonds is 11. The summed E-state index contributed by atoms with van der Waals surface area (Å²) in [6, 6.07) is 0.700. The Kier molecular flexibility index (Phi) is 9.49. The molecule has 1 N–H and O–H groups in total. The predicted molar refractivity (Wildman–Crippen MR) is 89.3 cm³/mol. The second-order valence-corrected chi connectivity index (χ2v) is 6.21. The smallest absolute Gasteiger partial charge is 0.0220 e. The molecule has 0 heterocycles. The molecule has 1 fully saturated rings. The van der Waals surface area contributed by atoms with Crippen molar-refractivity contribution in [3.05, 3.63) is 0 Å². The van der Waals surface area contributed by atoms with Crippen molar-refractivity contribution in [1.82, 2.24) is 15.1 Å². The Bertz CT molecular complexity index is 222. The molecule has 0 radical (unpaired) electrons. The molecule has 0 aliphatic heterocycles. The van der Waals surface area contributed by atoms with Crippen molar-refractivity contribution in [2.75, 3.05) is 46.3 Å². The van der Waals surface area contributed by atoms with Crippen LogP contribution >= 0.6 is 0 Å². The van der Waals surface area contributed by atoms with E-state index in [9.17, 15) is 0 Å². The third-order valence-corrected chi connectivity index (χ3v) is 5.08. The van der Waals surface area contributed by atoms with Gasteiger partial charge in [0.2, 0.25) is 0 Å². The van der Waals surface area contributed by atoms with Gasteiger partial charge in [-0.25, -0.2) is 0 Å². The van der Waals surface area contributed by atoms with Crippen LogP contribution in [0, 0.1) is 5.92 Å². The van der Waals surface area contributed by atoms with Gasteiger partial charge < -0.3 is 15.1 Å². The summed E-state index contributed by atoms with van der Waals surface area (Å²) in [4.78, 5) is 5.17. The summed E-state index contributed by atoms with van der Waals surface area (Å²) in [5, 5.41) is 3.58. The van der Waals surface area contributed by atoms with Gasteiger partial charge in [-0.3, -0.25) is 0 Å². The van der Waals surface area contributed by atoms with Crippen LogP contribution in [-0.4, -0.2) is 62.2 Å². The van der Waals surface area contributed by atoms with Crippen LogP contribution in [0.4, 0.5) is 0 Å². The molecule has 120 valence electrons. The summed E-state index contributed by atoms with van der Waals surface area (Å²) in [5.41, 5.74) is 0. The lowest BCUT2D eigenvalue weighted by Gasteiger charge is -2.30. The molecule has 1 aliphatic carbocycles. The van der Waals surface area contributed by atoms with Crippen molar-refractivity contribution in [3.8, 4) is 0 Å². The van der Waals surface area contributed by atoms with E-state index in [-0.39, 0.29) is 0 Å². The molecule has 0 aromatic rings. The lowest BCUT2D eigenvalue weighted by Crippen LogP contribution is -2.44. The number of hydrogen-bond donors (Lipinski definition) is 1. The molecule has 1 unspecified atom stereocenters. The van der Waals surface area contributed by atoms with Crippen molar-refractivity contribution in [1.29, 1.82) is 0 Å². The molecular weight excluding hydrogens is 246 g/mol. The van der Waals surface area contributed by atoms with E-state index in [1.165, 1.54) is 71.4 Å². The van der Waals surface area contributed by atoms with Crippen LogP contribution in [0.3, 0.4) is 0 Å². The van der Waals surface area contributed by atoms with Gasteiger partial charge in [0.25, 0.3) is 0 Å². The maximum atomic E-state index is 3.58. The number of hydrogen-bond acceptors (Lipinski definition) is 3. The van der Waals surface area contributed by atoms with Crippen LogP contribution in [0.2, 0.25) is 0 Å². The number of nitrogens with zero attached hydrogens (tertiary/aromatic N) is 2. The first-order valence-corrected chi connectivity index (χ1v) is 8.87. The Morgan fingerprint density at radius 2 is 1.50 bits per heavy atom. The highest BCUT2D eigenvalue weighted by molar-refractivity contribution is 4.82. The van der Waals surface area contributed by atoms with Crippen molar-refractivity contribution in [3.63, 3.8) is 0 Å². The summed E-state index contributed by atoms with van der Waals surface area (Å²) in [6.45, 7) is 14.1. The summed E-state index contributed by atoms with van der Waals surface area (Å²) in [6.07, 6.45) is 7.05. The average Bonchev–Trinajstić information content (AvgIpc) is 3.01. The molecule has 0 aromatic heterocycles. The molecular formula is C17H37N3. The van der Waals surface area contributed by atoms with E-state index in [0.717, 1.165) is 5.92 Å². The quantitative estimate of drug-likeness (QED) is 0.629. The Balaban J connectivity index is 2.29. The largest absolute Gasteiger partial charge is 0.315 e. The Morgan fingerprint density at radius 1 is 0.950 bits per heavy atom. The molecule has 3 heteroatoms. The molecule has 1 rings (SSSR count). The summed E-state index contributed by atoms with van der Waals surface area (Å²) in [5.74, 6) is 0.914. The number of nitrogens with one attached hydrogen (secondary N) is 1. The van der Waals surface area contributed by atoms with Crippen LogP contribution < -0.4 is 5.32 Å². The first kappa shape index (κ1) is 17.9. The minimum Gasteiger partial charge on any atom is -0.315 e. The van der Waals surface area contributed by atoms with Crippen molar-refractivity contribution in [2.45, 2.75) is 58.9 Å². The van der Waals surface area contributed by atoms with Gasteiger partial charge in [0, 0.05) is 12.6 Å². The van der Waals surface area contributed by atoms with E-state index in [4.69, 9.17) is 0 Å². The van der Waals surface area contributed by atoms with Crippen LogP contribution in [0.1, 0.15) is 52.9 Å². The molecule has 3 nitrogen and oxygen atoms in total. The second kappa shape index (κ2) is 10.6. The van der Waals surface area contributed by atoms with E-state index < -0.39 is 0 Å². The van der Waals surface area contributed by atoms with E-state index >= 15 is 0 Å². The van der Waals surface area contributed by atoms with Gasteiger partial charge in [0.15, 0.2) is 0 Å². The molecule has 0 aromatic carbocycles. The summed E-state index contributed by atoms with van der Waals surface area (Å²) in [7, 11) is 2.15. The molecule has 0 spiro atoms. The maximum Gasteiger partial charge on any atom is 0.0220 e. The first-order chi connectivity index (χ1) is 9.74. The highest BCUT2D eigenvalue weighted by atomic mass is 15.2. The molecule has 1 atom stereocenters. The minimum absolute atomic E-state index is 0.700. The zero-order valence-corrected chi connectivity index (χ0v) is 14.3. The zero-order valence-electron chi connectivity index (χ0n) is 14.3. The van der Waals surface area contributed by atoms with Crippen LogP contribution in [0.15, 0.2) is 0 Å². The van der Waals surface area contributed by atoms with E-state index in [0.29, 0.717) is 6.04 Å². The summed E-state index contributed by atoms with van der Waals surface area (Å²) < 4.78 is 0. The van der Waals surface area contributed by atoms with Gasteiger partial charge in [-0.15, -0.1) is 0 Å². The predicted octanol–water partition coefficient (Wildman–Crippen LogP) is 2.82. The van der Waals surface area contributed by atoms with E-state index in [2.05, 4.69) is 42.9 Å². The Labute approximate surface area is 127 Å². The fourth-order valence-corrected chi connectivity index (χ4v) is 3.55. The SMILES string of the molecule is CCN(CC)CCCN(CC)CC(NC)C1CCCC1. The topological polar surface area (TPSA) is 18.5 Å². The molecule has 0 saturated heterocycles. The van der Waals surface area contributed by atoms with Crippen molar-refractivity contribution < 1.29 is 0 Å². The zero-order chi connectivity index (χ0) is 14.8.